The van der Waals surface area contributed by atoms with Crippen molar-refractivity contribution in [3.05, 3.63) is 95.6 Å². The minimum atomic E-state index is -3.78. The summed E-state index contributed by atoms with van der Waals surface area (Å²) in [5.74, 6) is -0.483. The Kier molecular flexibility index (Phi) is 5.22. The van der Waals surface area contributed by atoms with Crippen molar-refractivity contribution in [3.63, 3.8) is 0 Å². The predicted molar refractivity (Wildman–Crippen MR) is 113 cm³/mol. The summed E-state index contributed by atoms with van der Waals surface area (Å²) < 4.78 is 29.2. The second-order valence-corrected chi connectivity index (χ2v) is 8.95. The summed E-state index contributed by atoms with van der Waals surface area (Å²) in [6.07, 6.45) is 0.533. The van der Waals surface area contributed by atoms with Gasteiger partial charge in [-0.15, -0.1) is 0 Å². The van der Waals surface area contributed by atoms with Crippen LogP contribution in [0.2, 0.25) is 0 Å². The molecular formula is C23H22N2O3S. The van der Waals surface area contributed by atoms with Gasteiger partial charge < -0.3 is 5.32 Å². The van der Waals surface area contributed by atoms with Gasteiger partial charge in [0.15, 0.2) is 0 Å². The van der Waals surface area contributed by atoms with Crippen molar-refractivity contribution >= 4 is 21.6 Å². The first-order chi connectivity index (χ1) is 13.9. The van der Waals surface area contributed by atoms with E-state index in [1.807, 2.05) is 60.7 Å². The van der Waals surface area contributed by atoms with E-state index in [4.69, 9.17) is 0 Å². The number of fused-ring (bicyclic) bond motifs is 1. The maximum absolute atomic E-state index is 13.2. The zero-order chi connectivity index (χ0) is 20.4. The van der Waals surface area contributed by atoms with Gasteiger partial charge >= 0.3 is 0 Å². The van der Waals surface area contributed by atoms with Crippen LogP contribution < -0.4 is 10.0 Å². The highest BCUT2D eigenvalue weighted by molar-refractivity contribution is 7.89. The lowest BCUT2D eigenvalue weighted by Crippen LogP contribution is -2.30. The number of anilines is 1. The van der Waals surface area contributed by atoms with Crippen LogP contribution in [-0.2, 0) is 21.2 Å². The average molecular weight is 407 g/mol. The molecule has 0 aromatic heterocycles. The van der Waals surface area contributed by atoms with Gasteiger partial charge in [-0.05, 0) is 48.2 Å². The van der Waals surface area contributed by atoms with E-state index in [-0.39, 0.29) is 16.7 Å². The third kappa shape index (κ3) is 4.09. The molecule has 1 amide bonds. The Hall–Kier alpha value is -2.96. The summed E-state index contributed by atoms with van der Waals surface area (Å²) in [4.78, 5) is 12.0. The molecule has 0 fully saturated rings. The van der Waals surface area contributed by atoms with E-state index in [0.717, 1.165) is 11.1 Å². The second kappa shape index (κ2) is 7.81. The van der Waals surface area contributed by atoms with Gasteiger partial charge in [0.05, 0.1) is 16.9 Å². The number of nitrogens with one attached hydrogen (secondary N) is 2. The summed E-state index contributed by atoms with van der Waals surface area (Å²) >= 11 is 0. The third-order valence-corrected chi connectivity index (χ3v) is 6.70. The fourth-order valence-electron chi connectivity index (χ4n) is 3.58. The molecule has 6 heteroatoms. The maximum atomic E-state index is 13.2. The molecule has 3 aromatic rings. The molecule has 148 valence electrons. The highest BCUT2D eigenvalue weighted by Crippen LogP contribution is 2.34. The normalized spacial score (nSPS) is 16.9. The molecule has 29 heavy (non-hydrogen) atoms. The molecule has 4 rings (SSSR count). The van der Waals surface area contributed by atoms with E-state index in [1.54, 1.807) is 19.1 Å². The van der Waals surface area contributed by atoms with Crippen LogP contribution >= 0.6 is 0 Å². The summed E-state index contributed by atoms with van der Waals surface area (Å²) in [7, 11) is -3.78. The van der Waals surface area contributed by atoms with Crippen molar-refractivity contribution in [1.29, 1.82) is 0 Å². The van der Waals surface area contributed by atoms with Crippen LogP contribution in [0.15, 0.2) is 83.8 Å². The zero-order valence-corrected chi connectivity index (χ0v) is 16.8. The Bertz CT molecular complexity index is 1130. The molecule has 0 saturated heterocycles. The summed E-state index contributed by atoms with van der Waals surface area (Å²) in [6.45, 7) is 1.77. The quantitative estimate of drug-likeness (QED) is 0.650. The molecule has 2 atom stereocenters. The Morgan fingerprint density at radius 3 is 2.31 bits per heavy atom. The van der Waals surface area contributed by atoms with E-state index in [1.165, 1.54) is 6.07 Å². The molecule has 0 saturated carbocycles. The monoisotopic (exact) mass is 406 g/mol. The number of benzene rings is 3. The lowest BCUT2D eigenvalue weighted by atomic mass is 10.00. The van der Waals surface area contributed by atoms with Gasteiger partial charge in [0.25, 0.3) is 0 Å². The second-order valence-electron chi connectivity index (χ2n) is 7.23. The molecule has 0 aliphatic carbocycles. The SMILES string of the molecule is C[C@H]1C(=O)Nc2ccc(S(=O)(=O)N[C@@H](Cc3ccccc3)c3ccccc3)cc21. The number of carbonyl (C=O) groups excluding carboxylic acids is 1. The fraction of sp³-hybridized carbons (Fsp3) is 0.174. The molecule has 1 aliphatic rings. The van der Waals surface area contributed by atoms with Gasteiger partial charge in [0, 0.05) is 5.69 Å². The van der Waals surface area contributed by atoms with Crippen molar-refractivity contribution < 1.29 is 13.2 Å². The summed E-state index contributed by atoms with van der Waals surface area (Å²) in [6, 6.07) is 23.7. The van der Waals surface area contributed by atoms with E-state index < -0.39 is 16.1 Å². The fourth-order valence-corrected chi connectivity index (χ4v) is 4.84. The van der Waals surface area contributed by atoms with Crippen LogP contribution in [0.5, 0.6) is 0 Å². The minimum absolute atomic E-state index is 0.117. The Morgan fingerprint density at radius 2 is 1.62 bits per heavy atom. The third-order valence-electron chi connectivity index (χ3n) is 5.23. The van der Waals surface area contributed by atoms with Crippen LogP contribution in [-0.4, -0.2) is 14.3 Å². The standard InChI is InChI=1S/C23H22N2O3S/c1-16-20-15-19(12-13-21(20)24-23(16)26)29(27,28)25-22(18-10-6-3-7-11-18)14-17-8-4-2-5-9-17/h2-13,15-16,22,25H,14H2,1H3,(H,24,26)/t16-,22+/m1/s1. The van der Waals surface area contributed by atoms with E-state index in [2.05, 4.69) is 10.0 Å². The van der Waals surface area contributed by atoms with Gasteiger partial charge in [0.1, 0.15) is 0 Å². The Morgan fingerprint density at radius 1 is 0.966 bits per heavy atom. The first-order valence-electron chi connectivity index (χ1n) is 9.50. The first kappa shape index (κ1) is 19.4. The molecule has 2 N–H and O–H groups in total. The smallest absolute Gasteiger partial charge is 0.241 e. The molecule has 0 spiro atoms. The lowest BCUT2D eigenvalue weighted by molar-refractivity contribution is -0.116. The number of amides is 1. The topological polar surface area (TPSA) is 75.3 Å². The number of carbonyl (C=O) groups is 1. The van der Waals surface area contributed by atoms with Crippen LogP contribution in [0.1, 0.15) is 35.6 Å². The van der Waals surface area contributed by atoms with Gasteiger partial charge in [-0.2, -0.15) is 0 Å². The Labute approximate surface area is 170 Å². The molecule has 3 aromatic carbocycles. The molecule has 1 aliphatic heterocycles. The number of hydrogen-bond acceptors (Lipinski definition) is 3. The average Bonchev–Trinajstić information content (AvgIpc) is 3.02. The molecule has 0 bridgehead atoms. The van der Waals surface area contributed by atoms with Crippen molar-refractivity contribution in [3.8, 4) is 0 Å². The van der Waals surface area contributed by atoms with E-state index in [0.29, 0.717) is 17.7 Å². The van der Waals surface area contributed by atoms with Crippen LogP contribution in [0, 0.1) is 0 Å². The molecule has 1 heterocycles. The minimum Gasteiger partial charge on any atom is -0.325 e. The summed E-state index contributed by atoms with van der Waals surface area (Å²) in [5, 5.41) is 2.77. The van der Waals surface area contributed by atoms with Crippen molar-refractivity contribution in [1.82, 2.24) is 4.72 Å². The highest BCUT2D eigenvalue weighted by atomic mass is 32.2. The summed E-state index contributed by atoms with van der Waals surface area (Å²) in [5.41, 5.74) is 3.32. The van der Waals surface area contributed by atoms with Crippen molar-refractivity contribution in [2.45, 2.75) is 30.2 Å². The number of rotatable bonds is 6. The van der Waals surface area contributed by atoms with Gasteiger partial charge in [-0.3, -0.25) is 4.79 Å². The van der Waals surface area contributed by atoms with Gasteiger partial charge in [-0.1, -0.05) is 60.7 Å². The van der Waals surface area contributed by atoms with Crippen LogP contribution in [0.4, 0.5) is 5.69 Å². The lowest BCUT2D eigenvalue weighted by Gasteiger charge is -2.20. The molecule has 5 nitrogen and oxygen atoms in total. The largest absolute Gasteiger partial charge is 0.325 e. The van der Waals surface area contributed by atoms with Crippen LogP contribution in [0.3, 0.4) is 0 Å². The van der Waals surface area contributed by atoms with Crippen LogP contribution in [0.25, 0.3) is 0 Å². The number of sulfonamides is 1. The van der Waals surface area contributed by atoms with Crippen molar-refractivity contribution in [2.75, 3.05) is 5.32 Å². The first-order valence-corrected chi connectivity index (χ1v) is 11.0. The molecule has 0 unspecified atom stereocenters. The molecular weight excluding hydrogens is 384 g/mol. The van der Waals surface area contributed by atoms with E-state index >= 15 is 0 Å². The maximum Gasteiger partial charge on any atom is 0.241 e. The van der Waals surface area contributed by atoms with E-state index in [9.17, 15) is 13.2 Å². The van der Waals surface area contributed by atoms with Crippen molar-refractivity contribution in [2.24, 2.45) is 0 Å². The Balaban J connectivity index is 1.66. The molecule has 0 radical (unpaired) electrons. The van der Waals surface area contributed by atoms with Gasteiger partial charge in [0.2, 0.25) is 15.9 Å². The number of hydrogen-bond donors (Lipinski definition) is 2. The predicted octanol–water partition coefficient (Wildman–Crippen LogP) is 4.00. The highest BCUT2D eigenvalue weighted by Gasteiger charge is 2.29. The van der Waals surface area contributed by atoms with Gasteiger partial charge in [-0.25, -0.2) is 13.1 Å². The zero-order valence-electron chi connectivity index (χ0n) is 16.0.